The van der Waals surface area contributed by atoms with E-state index in [0.717, 1.165) is 19.3 Å². The molecular formula is C9H14O3. The van der Waals surface area contributed by atoms with Crippen LogP contribution in [-0.4, -0.2) is 25.3 Å². The van der Waals surface area contributed by atoms with Crippen molar-refractivity contribution in [2.75, 3.05) is 13.7 Å². The van der Waals surface area contributed by atoms with E-state index >= 15 is 0 Å². The Labute approximate surface area is 72.1 Å². The largest absolute Gasteiger partial charge is 0.377 e. The van der Waals surface area contributed by atoms with Gasteiger partial charge in [-0.1, -0.05) is 6.42 Å². The molecule has 0 radical (unpaired) electrons. The van der Waals surface area contributed by atoms with Crippen molar-refractivity contribution in [2.24, 2.45) is 5.92 Å². The van der Waals surface area contributed by atoms with E-state index in [1.54, 1.807) is 0 Å². The molecule has 1 rings (SSSR count). The van der Waals surface area contributed by atoms with Crippen LogP contribution in [0.2, 0.25) is 0 Å². The Morgan fingerprint density at radius 2 is 2.33 bits per heavy atom. The lowest BCUT2D eigenvalue weighted by atomic mass is 9.85. The lowest BCUT2D eigenvalue weighted by Crippen LogP contribution is -2.29. The average molecular weight is 170 g/mol. The summed E-state index contributed by atoms with van der Waals surface area (Å²) in [6.45, 7) is 0.0798. The van der Waals surface area contributed by atoms with Gasteiger partial charge in [-0.15, -0.1) is 0 Å². The summed E-state index contributed by atoms with van der Waals surface area (Å²) in [5.74, 6) is -0.316. The first-order valence-corrected chi connectivity index (χ1v) is 4.30. The van der Waals surface area contributed by atoms with E-state index in [9.17, 15) is 9.59 Å². The van der Waals surface area contributed by atoms with E-state index in [0.29, 0.717) is 6.42 Å². The van der Waals surface area contributed by atoms with Crippen LogP contribution >= 0.6 is 0 Å². The third-order valence-corrected chi connectivity index (χ3v) is 2.23. The third-order valence-electron chi connectivity index (χ3n) is 2.23. The van der Waals surface area contributed by atoms with Crippen LogP contribution in [0.1, 0.15) is 25.7 Å². The molecule has 1 atom stereocenters. The first-order valence-electron chi connectivity index (χ1n) is 4.30. The van der Waals surface area contributed by atoms with Gasteiger partial charge in [0, 0.05) is 13.5 Å². The molecular weight excluding hydrogens is 156 g/mol. The Balaban J connectivity index is 2.48. The van der Waals surface area contributed by atoms with Crippen LogP contribution in [0, 0.1) is 5.92 Å². The summed E-state index contributed by atoms with van der Waals surface area (Å²) >= 11 is 0. The van der Waals surface area contributed by atoms with Gasteiger partial charge in [-0.05, 0) is 12.8 Å². The van der Waals surface area contributed by atoms with Gasteiger partial charge >= 0.3 is 0 Å². The maximum atomic E-state index is 11.3. The highest BCUT2D eigenvalue weighted by Crippen LogP contribution is 2.21. The second kappa shape index (κ2) is 4.36. The van der Waals surface area contributed by atoms with E-state index in [-0.39, 0.29) is 24.1 Å². The van der Waals surface area contributed by atoms with Crippen LogP contribution in [0.5, 0.6) is 0 Å². The van der Waals surface area contributed by atoms with Crippen LogP contribution in [0.15, 0.2) is 0 Å². The highest BCUT2D eigenvalue weighted by atomic mass is 16.5. The normalized spacial score (nSPS) is 24.1. The van der Waals surface area contributed by atoms with E-state index < -0.39 is 0 Å². The molecule has 0 amide bonds. The van der Waals surface area contributed by atoms with E-state index in [2.05, 4.69) is 0 Å². The predicted octanol–water partition coefficient (Wildman–Crippen LogP) is 0.961. The minimum Gasteiger partial charge on any atom is -0.377 e. The zero-order valence-corrected chi connectivity index (χ0v) is 7.34. The van der Waals surface area contributed by atoms with Gasteiger partial charge in [0.1, 0.15) is 12.4 Å². The fourth-order valence-electron chi connectivity index (χ4n) is 1.57. The summed E-state index contributed by atoms with van der Waals surface area (Å²) in [4.78, 5) is 22.5. The molecule has 12 heavy (non-hydrogen) atoms. The highest BCUT2D eigenvalue weighted by Gasteiger charge is 2.28. The summed E-state index contributed by atoms with van der Waals surface area (Å²) in [5.41, 5.74) is 0. The molecule has 0 aromatic heterocycles. The van der Waals surface area contributed by atoms with Gasteiger partial charge in [0.25, 0.3) is 0 Å². The Morgan fingerprint density at radius 3 is 2.92 bits per heavy atom. The molecule has 1 fully saturated rings. The fourth-order valence-corrected chi connectivity index (χ4v) is 1.57. The minimum atomic E-state index is -0.362. The van der Waals surface area contributed by atoms with Gasteiger partial charge in [-0.25, -0.2) is 0 Å². The number of ether oxygens (including phenoxy) is 1. The molecule has 1 aliphatic rings. The first kappa shape index (κ1) is 9.39. The summed E-state index contributed by atoms with van der Waals surface area (Å²) in [6.07, 6.45) is 3.22. The molecule has 0 aliphatic heterocycles. The van der Waals surface area contributed by atoms with Crippen molar-refractivity contribution in [3.8, 4) is 0 Å². The van der Waals surface area contributed by atoms with Crippen molar-refractivity contribution >= 4 is 11.6 Å². The Hall–Kier alpha value is -0.700. The van der Waals surface area contributed by atoms with Gasteiger partial charge < -0.3 is 4.74 Å². The second-order valence-corrected chi connectivity index (χ2v) is 3.16. The summed E-state index contributed by atoms with van der Waals surface area (Å²) in [5, 5.41) is 0. The number of hydrogen-bond acceptors (Lipinski definition) is 3. The number of carbonyl (C=O) groups is 2. The Bertz CT molecular complexity index is 186. The SMILES string of the molecule is COCC(=O)C1CCCCC1=O. The lowest BCUT2D eigenvalue weighted by molar-refractivity contribution is -0.136. The quantitative estimate of drug-likeness (QED) is 0.592. The number of hydrogen-bond donors (Lipinski definition) is 0. The summed E-state index contributed by atoms with van der Waals surface area (Å²) < 4.78 is 4.70. The average Bonchev–Trinajstić information content (AvgIpc) is 2.05. The van der Waals surface area contributed by atoms with Crippen LogP contribution in [0.25, 0.3) is 0 Å². The Morgan fingerprint density at radius 1 is 1.58 bits per heavy atom. The van der Waals surface area contributed by atoms with Crippen LogP contribution in [-0.2, 0) is 14.3 Å². The Kier molecular flexibility index (Phi) is 3.41. The van der Waals surface area contributed by atoms with Gasteiger partial charge in [0.2, 0.25) is 0 Å². The van der Waals surface area contributed by atoms with Crippen molar-refractivity contribution in [3.63, 3.8) is 0 Å². The molecule has 0 saturated heterocycles. The van der Waals surface area contributed by atoms with E-state index in [1.807, 2.05) is 0 Å². The smallest absolute Gasteiger partial charge is 0.168 e. The molecule has 3 heteroatoms. The first-order chi connectivity index (χ1) is 5.75. The molecule has 1 unspecified atom stereocenters. The van der Waals surface area contributed by atoms with Crippen molar-refractivity contribution < 1.29 is 14.3 Å². The summed E-state index contributed by atoms with van der Waals surface area (Å²) in [6, 6.07) is 0. The number of ketones is 2. The van der Waals surface area contributed by atoms with E-state index in [1.165, 1.54) is 7.11 Å². The van der Waals surface area contributed by atoms with Crippen molar-refractivity contribution in [2.45, 2.75) is 25.7 Å². The van der Waals surface area contributed by atoms with Crippen LogP contribution in [0.4, 0.5) is 0 Å². The molecule has 0 bridgehead atoms. The van der Waals surface area contributed by atoms with Crippen LogP contribution < -0.4 is 0 Å². The van der Waals surface area contributed by atoms with E-state index in [4.69, 9.17) is 4.74 Å². The monoisotopic (exact) mass is 170 g/mol. The molecule has 1 saturated carbocycles. The van der Waals surface area contributed by atoms with Gasteiger partial charge in [0.15, 0.2) is 5.78 Å². The van der Waals surface area contributed by atoms with Crippen molar-refractivity contribution in [3.05, 3.63) is 0 Å². The molecule has 0 heterocycles. The molecule has 0 N–H and O–H groups in total. The maximum absolute atomic E-state index is 11.3. The topological polar surface area (TPSA) is 43.4 Å². The van der Waals surface area contributed by atoms with Crippen molar-refractivity contribution in [1.29, 1.82) is 0 Å². The van der Waals surface area contributed by atoms with Gasteiger partial charge in [-0.3, -0.25) is 9.59 Å². The molecule has 0 spiro atoms. The number of carbonyl (C=O) groups excluding carboxylic acids is 2. The number of methoxy groups -OCH3 is 1. The molecule has 68 valence electrons. The standard InChI is InChI=1S/C9H14O3/c1-12-6-9(11)7-4-2-3-5-8(7)10/h7H,2-6H2,1H3. The molecule has 0 aromatic rings. The zero-order chi connectivity index (χ0) is 8.97. The van der Waals surface area contributed by atoms with Gasteiger partial charge in [-0.2, -0.15) is 0 Å². The van der Waals surface area contributed by atoms with Gasteiger partial charge in [0.05, 0.1) is 5.92 Å². The fraction of sp³-hybridized carbons (Fsp3) is 0.778. The summed E-state index contributed by atoms with van der Waals surface area (Å²) in [7, 11) is 1.48. The second-order valence-electron chi connectivity index (χ2n) is 3.16. The number of rotatable bonds is 3. The highest BCUT2D eigenvalue weighted by molar-refractivity contribution is 6.03. The third kappa shape index (κ3) is 2.14. The maximum Gasteiger partial charge on any atom is 0.168 e. The lowest BCUT2D eigenvalue weighted by Gasteiger charge is -2.18. The molecule has 1 aliphatic carbocycles. The zero-order valence-electron chi connectivity index (χ0n) is 7.34. The molecule has 0 aromatic carbocycles. The minimum absolute atomic E-state index is 0.0535. The van der Waals surface area contributed by atoms with Crippen LogP contribution in [0.3, 0.4) is 0 Å². The predicted molar refractivity (Wildman–Crippen MR) is 43.8 cm³/mol. The number of Topliss-reactive ketones (excluding diaryl/α,β-unsaturated/α-hetero) is 2. The molecule has 3 nitrogen and oxygen atoms in total. The van der Waals surface area contributed by atoms with Crippen molar-refractivity contribution in [1.82, 2.24) is 0 Å².